The summed E-state index contributed by atoms with van der Waals surface area (Å²) in [5.74, 6) is 4.51. The van der Waals surface area contributed by atoms with Crippen LogP contribution in [-0.4, -0.2) is 24.1 Å². The predicted molar refractivity (Wildman–Crippen MR) is 237 cm³/mol. The molecule has 4 heterocycles. The zero-order chi connectivity index (χ0) is 38.6. The highest BCUT2D eigenvalue weighted by atomic mass is 15.2. The maximum Gasteiger partial charge on any atom is 0.238 e. The van der Waals surface area contributed by atoms with Crippen molar-refractivity contribution in [3.05, 3.63) is 198 Å². The SMILES string of the molecule is C#C/C=c1\c(=C2/Cc3ccccc3N2c2ccccc2)c2ccccc2n1-c1nc(-c2ccccc2)nc(-c2ccc(-n3c4ccccc4c4ccccc43)cc2)n1. The van der Waals surface area contributed by atoms with Crippen molar-refractivity contribution in [3.8, 4) is 46.8 Å². The highest BCUT2D eigenvalue weighted by Gasteiger charge is 2.28. The first-order valence-corrected chi connectivity index (χ1v) is 19.4. The average Bonchev–Trinajstić information content (AvgIpc) is 3.94. The molecule has 11 rings (SSSR count). The zero-order valence-corrected chi connectivity index (χ0v) is 31.4. The molecule has 0 N–H and O–H groups in total. The van der Waals surface area contributed by atoms with Crippen molar-refractivity contribution >= 4 is 55.9 Å². The molecule has 0 saturated heterocycles. The van der Waals surface area contributed by atoms with Crippen molar-refractivity contribution < 1.29 is 0 Å². The molecule has 0 radical (unpaired) electrons. The summed E-state index contributed by atoms with van der Waals surface area (Å²) in [5.41, 5.74) is 10.7. The molecule has 1 aliphatic heterocycles. The number of benzene rings is 7. The molecule has 0 amide bonds. The average molecular weight is 743 g/mol. The first kappa shape index (κ1) is 33.3. The molecule has 6 heteroatoms. The van der Waals surface area contributed by atoms with Crippen LogP contribution in [0.2, 0.25) is 0 Å². The van der Waals surface area contributed by atoms with Gasteiger partial charge in [-0.2, -0.15) is 9.97 Å². The number of terminal acetylenes is 1. The van der Waals surface area contributed by atoms with Crippen LogP contribution >= 0.6 is 0 Å². The lowest BCUT2D eigenvalue weighted by Gasteiger charge is -2.22. The minimum atomic E-state index is 0.488. The molecule has 0 aliphatic carbocycles. The minimum Gasteiger partial charge on any atom is -0.313 e. The topological polar surface area (TPSA) is 51.8 Å². The second-order valence-corrected chi connectivity index (χ2v) is 14.4. The van der Waals surface area contributed by atoms with Crippen molar-refractivity contribution in [3.63, 3.8) is 0 Å². The van der Waals surface area contributed by atoms with Gasteiger partial charge in [-0.15, -0.1) is 6.42 Å². The molecular weight excluding hydrogens is 709 g/mol. The standard InChI is InChI=1S/C52H34N6/c1-2-17-47-49(48-34-37-20-9-13-26-43(37)56(48)38-21-7-4-8-22-38)42-25-12-16-29-46(42)58(47)52-54-50(35-18-5-3-6-19-35)53-51(55-52)36-30-32-39(33-31-36)57-44-27-14-10-23-40(44)41-24-11-15-28-45(41)57/h1,3-33H,34H2/b47-17+,49-48+. The summed E-state index contributed by atoms with van der Waals surface area (Å²) < 4.78 is 4.42. The van der Waals surface area contributed by atoms with Gasteiger partial charge in [0, 0.05) is 67.8 Å². The number of aromatic nitrogens is 5. The van der Waals surface area contributed by atoms with E-state index in [4.69, 9.17) is 21.4 Å². The molecule has 0 spiro atoms. The van der Waals surface area contributed by atoms with E-state index in [0.717, 1.165) is 72.8 Å². The van der Waals surface area contributed by atoms with E-state index in [2.05, 4.69) is 172 Å². The van der Waals surface area contributed by atoms with Gasteiger partial charge >= 0.3 is 0 Å². The van der Waals surface area contributed by atoms with Gasteiger partial charge in [0.1, 0.15) is 0 Å². The third kappa shape index (κ3) is 5.33. The largest absolute Gasteiger partial charge is 0.313 e. The molecule has 0 saturated carbocycles. The van der Waals surface area contributed by atoms with Gasteiger partial charge in [0.2, 0.25) is 5.95 Å². The Morgan fingerprint density at radius 1 is 0.483 bits per heavy atom. The van der Waals surface area contributed by atoms with Crippen LogP contribution in [-0.2, 0) is 6.42 Å². The van der Waals surface area contributed by atoms with Crippen LogP contribution in [0, 0.1) is 12.3 Å². The number of para-hydroxylation sites is 5. The summed E-state index contributed by atoms with van der Waals surface area (Å²) in [5, 5.41) is 5.39. The highest BCUT2D eigenvalue weighted by molar-refractivity contribution is 6.09. The summed E-state index contributed by atoms with van der Waals surface area (Å²) in [6.45, 7) is 0. The molecule has 1 aliphatic rings. The maximum absolute atomic E-state index is 6.20. The Hall–Kier alpha value is -8.01. The third-order valence-electron chi connectivity index (χ3n) is 11.1. The van der Waals surface area contributed by atoms with Gasteiger partial charge in [-0.25, -0.2) is 4.98 Å². The van der Waals surface area contributed by atoms with Crippen LogP contribution in [0.5, 0.6) is 0 Å². The number of hydrogen-bond acceptors (Lipinski definition) is 4. The van der Waals surface area contributed by atoms with E-state index in [1.54, 1.807) is 0 Å². The van der Waals surface area contributed by atoms with Crippen molar-refractivity contribution in [1.82, 2.24) is 24.1 Å². The molecule has 0 unspecified atom stereocenters. The van der Waals surface area contributed by atoms with Crippen molar-refractivity contribution in [2.45, 2.75) is 6.42 Å². The maximum atomic E-state index is 6.20. The van der Waals surface area contributed by atoms with Crippen LogP contribution < -0.4 is 15.5 Å². The van der Waals surface area contributed by atoms with Crippen LogP contribution in [0.4, 0.5) is 11.4 Å². The van der Waals surface area contributed by atoms with Gasteiger partial charge in [0.25, 0.3) is 0 Å². The fourth-order valence-corrected chi connectivity index (χ4v) is 8.62. The summed E-state index contributed by atoms with van der Waals surface area (Å²) in [6.07, 6.45) is 8.78. The first-order valence-electron chi connectivity index (χ1n) is 19.4. The number of fused-ring (bicyclic) bond motifs is 5. The van der Waals surface area contributed by atoms with Gasteiger partial charge in [0.05, 0.1) is 21.9 Å². The smallest absolute Gasteiger partial charge is 0.238 e. The molecule has 3 aromatic heterocycles. The van der Waals surface area contributed by atoms with Crippen LogP contribution in [0.3, 0.4) is 0 Å². The number of nitrogens with zero attached hydrogens (tertiary/aromatic N) is 6. The Kier molecular flexibility index (Phi) is 7.83. The van der Waals surface area contributed by atoms with Crippen molar-refractivity contribution in [1.29, 1.82) is 0 Å². The Morgan fingerprint density at radius 2 is 1.02 bits per heavy atom. The van der Waals surface area contributed by atoms with Gasteiger partial charge in [-0.3, -0.25) is 4.57 Å². The van der Waals surface area contributed by atoms with E-state index in [-0.39, 0.29) is 0 Å². The van der Waals surface area contributed by atoms with Crippen molar-refractivity contribution in [2.75, 3.05) is 4.90 Å². The van der Waals surface area contributed by atoms with E-state index in [9.17, 15) is 0 Å². The summed E-state index contributed by atoms with van der Waals surface area (Å²) in [4.78, 5) is 17.9. The molecule has 0 fully saturated rings. The fourth-order valence-electron chi connectivity index (χ4n) is 8.62. The molecule has 6 nitrogen and oxygen atoms in total. The lowest BCUT2D eigenvalue weighted by atomic mass is 10.1. The van der Waals surface area contributed by atoms with E-state index < -0.39 is 0 Å². The quantitative estimate of drug-likeness (QED) is 0.165. The highest BCUT2D eigenvalue weighted by Crippen LogP contribution is 2.41. The fraction of sp³-hybridized carbons (Fsp3) is 0.0192. The number of anilines is 2. The Labute approximate surface area is 335 Å². The molecule has 7 aromatic carbocycles. The third-order valence-corrected chi connectivity index (χ3v) is 11.1. The van der Waals surface area contributed by atoms with Crippen LogP contribution in [0.25, 0.3) is 78.9 Å². The van der Waals surface area contributed by atoms with Gasteiger partial charge in [-0.1, -0.05) is 127 Å². The lowest BCUT2D eigenvalue weighted by Crippen LogP contribution is -2.34. The molecule has 10 aromatic rings. The van der Waals surface area contributed by atoms with E-state index >= 15 is 0 Å². The molecule has 272 valence electrons. The Bertz CT molecular complexity index is 3320. The van der Waals surface area contributed by atoms with E-state index in [1.807, 2.05) is 36.4 Å². The molecule has 0 atom stereocenters. The van der Waals surface area contributed by atoms with E-state index in [0.29, 0.717) is 17.6 Å². The zero-order valence-electron chi connectivity index (χ0n) is 31.4. The van der Waals surface area contributed by atoms with E-state index in [1.165, 1.54) is 16.3 Å². The van der Waals surface area contributed by atoms with Crippen molar-refractivity contribution in [2.24, 2.45) is 0 Å². The van der Waals surface area contributed by atoms with Gasteiger partial charge in [-0.05, 0) is 66.2 Å². The Balaban J connectivity index is 1.15. The minimum absolute atomic E-state index is 0.488. The number of hydrogen-bond donors (Lipinski definition) is 0. The van der Waals surface area contributed by atoms with Crippen LogP contribution in [0.1, 0.15) is 5.56 Å². The van der Waals surface area contributed by atoms with Gasteiger partial charge < -0.3 is 9.47 Å². The summed E-state index contributed by atoms with van der Waals surface area (Å²) >= 11 is 0. The second kappa shape index (κ2) is 13.6. The number of rotatable bonds is 5. The first-order chi connectivity index (χ1) is 28.7. The van der Waals surface area contributed by atoms with Gasteiger partial charge in [0.15, 0.2) is 11.6 Å². The summed E-state index contributed by atoms with van der Waals surface area (Å²) in [6, 6.07) is 63.2. The monoisotopic (exact) mass is 742 g/mol. The molecular formula is C52H34N6. The normalized spacial score (nSPS) is 13.7. The summed E-state index contributed by atoms with van der Waals surface area (Å²) in [7, 11) is 0. The molecule has 58 heavy (non-hydrogen) atoms. The van der Waals surface area contributed by atoms with Crippen LogP contribution in [0.15, 0.2) is 182 Å². The molecule has 0 bridgehead atoms. The second-order valence-electron chi connectivity index (χ2n) is 14.4. The lowest BCUT2D eigenvalue weighted by molar-refractivity contribution is 0.910. The Morgan fingerprint density at radius 3 is 1.67 bits per heavy atom. The predicted octanol–water partition coefficient (Wildman–Crippen LogP) is 10.2.